The fraction of sp³-hybridized carbons (Fsp3) is 1.00. The molecule has 1 N–H and O–H groups in total. The van der Waals surface area contributed by atoms with Gasteiger partial charge in [-0.15, -0.1) is 0 Å². The number of hydrogen-bond donors (Lipinski definition) is 1. The van der Waals surface area contributed by atoms with Gasteiger partial charge in [-0.05, 0) is 6.92 Å². The van der Waals surface area contributed by atoms with Crippen LogP contribution < -0.4 is 0 Å². The molecule has 0 saturated carbocycles. The zero-order valence-corrected chi connectivity index (χ0v) is 5.43. The Morgan fingerprint density at radius 1 is 1.40 bits per heavy atom. The summed E-state index contributed by atoms with van der Waals surface area (Å²) in [6.45, 7) is 0.643. The van der Waals surface area contributed by atoms with E-state index in [9.17, 15) is 13.2 Å². The zero-order chi connectivity index (χ0) is 8.15. The minimum Gasteiger partial charge on any atom is -0.363 e. The summed E-state index contributed by atoms with van der Waals surface area (Å²) < 4.78 is 38.6. The summed E-state index contributed by atoms with van der Waals surface area (Å²) in [6, 6.07) is 0. The van der Waals surface area contributed by atoms with Gasteiger partial charge in [0.25, 0.3) is 6.43 Å². The number of ether oxygens (including phenoxy) is 1. The molecule has 0 amide bonds. The van der Waals surface area contributed by atoms with E-state index in [0.29, 0.717) is 0 Å². The van der Waals surface area contributed by atoms with Crippen LogP contribution in [-0.4, -0.2) is 30.6 Å². The van der Waals surface area contributed by atoms with E-state index in [2.05, 4.69) is 4.74 Å². The third kappa shape index (κ3) is 4.58. The van der Waals surface area contributed by atoms with Gasteiger partial charge in [0.2, 0.25) is 6.29 Å². The molecule has 0 aliphatic carbocycles. The molecule has 0 radical (unpaired) electrons. The highest BCUT2D eigenvalue weighted by Gasteiger charge is 2.17. The number of hydrogen-bond acceptors (Lipinski definition) is 2. The van der Waals surface area contributed by atoms with Gasteiger partial charge in [0.15, 0.2) is 0 Å². The van der Waals surface area contributed by atoms with Crippen molar-refractivity contribution in [3.8, 4) is 0 Å². The number of rotatable bonds is 4. The lowest BCUT2D eigenvalue weighted by atomic mass is 10.5. The molecule has 2 nitrogen and oxygen atoms in total. The monoisotopic (exact) mass is 158 g/mol. The van der Waals surface area contributed by atoms with Gasteiger partial charge in [-0.25, -0.2) is 13.2 Å². The summed E-state index contributed by atoms with van der Waals surface area (Å²) in [6.07, 6.45) is -6.48. The fourth-order valence-electron chi connectivity index (χ4n) is 0.304. The SMILES string of the molecule is C[C@H](F)COC(O)C(F)F. The number of alkyl halides is 3. The van der Waals surface area contributed by atoms with E-state index in [1.165, 1.54) is 0 Å². The van der Waals surface area contributed by atoms with E-state index in [1.807, 2.05) is 0 Å². The Morgan fingerprint density at radius 3 is 2.20 bits per heavy atom. The van der Waals surface area contributed by atoms with Crippen molar-refractivity contribution in [2.45, 2.75) is 25.8 Å². The molecule has 0 aromatic heterocycles. The first-order valence-corrected chi connectivity index (χ1v) is 2.76. The Kier molecular flexibility index (Phi) is 4.38. The molecule has 0 aliphatic rings. The Balaban J connectivity index is 3.30. The van der Waals surface area contributed by atoms with Crippen LogP contribution in [0.15, 0.2) is 0 Å². The molecule has 0 spiro atoms. The summed E-state index contributed by atoms with van der Waals surface area (Å²) in [7, 11) is 0. The zero-order valence-electron chi connectivity index (χ0n) is 5.43. The van der Waals surface area contributed by atoms with E-state index in [-0.39, 0.29) is 0 Å². The summed E-state index contributed by atoms with van der Waals surface area (Å²) in [5, 5.41) is 8.24. The predicted molar refractivity (Wildman–Crippen MR) is 28.5 cm³/mol. The third-order valence-corrected chi connectivity index (χ3v) is 0.712. The minimum atomic E-state index is -2.97. The summed E-state index contributed by atoms with van der Waals surface area (Å²) in [5.74, 6) is 0. The lowest BCUT2D eigenvalue weighted by Gasteiger charge is -2.10. The van der Waals surface area contributed by atoms with Crippen LogP contribution in [0.3, 0.4) is 0 Å². The van der Waals surface area contributed by atoms with Crippen LogP contribution in [0.4, 0.5) is 13.2 Å². The van der Waals surface area contributed by atoms with Crippen LogP contribution in [0, 0.1) is 0 Å². The fourth-order valence-corrected chi connectivity index (χ4v) is 0.304. The van der Waals surface area contributed by atoms with E-state index in [1.54, 1.807) is 0 Å². The molecule has 0 rings (SSSR count). The number of aliphatic hydroxyl groups is 1. The van der Waals surface area contributed by atoms with Crippen molar-refractivity contribution in [1.29, 1.82) is 0 Å². The Morgan fingerprint density at radius 2 is 1.90 bits per heavy atom. The first-order chi connectivity index (χ1) is 4.54. The largest absolute Gasteiger partial charge is 0.363 e. The van der Waals surface area contributed by atoms with Gasteiger partial charge >= 0.3 is 0 Å². The topological polar surface area (TPSA) is 29.5 Å². The van der Waals surface area contributed by atoms with Gasteiger partial charge in [0.1, 0.15) is 6.17 Å². The van der Waals surface area contributed by atoms with Gasteiger partial charge < -0.3 is 9.84 Å². The maximum atomic E-state index is 11.8. The van der Waals surface area contributed by atoms with E-state index < -0.39 is 25.5 Å². The molecule has 62 valence electrons. The third-order valence-electron chi connectivity index (χ3n) is 0.712. The smallest absolute Gasteiger partial charge is 0.288 e. The highest BCUT2D eigenvalue weighted by molar-refractivity contribution is 4.46. The molecular formula is C5H9F3O2. The average molecular weight is 158 g/mol. The van der Waals surface area contributed by atoms with Crippen LogP contribution >= 0.6 is 0 Å². The Bertz CT molecular complexity index is 87.0. The molecule has 0 saturated heterocycles. The molecule has 0 aromatic rings. The standard InChI is InChI=1S/C5H9F3O2/c1-3(6)2-10-5(9)4(7)8/h3-5,9H,2H2,1H3/t3-,5?/m0/s1. The normalized spacial score (nSPS) is 17.4. The highest BCUT2D eigenvalue weighted by atomic mass is 19.3. The molecule has 0 aliphatic heterocycles. The minimum absolute atomic E-state index is 0.508. The highest BCUT2D eigenvalue weighted by Crippen LogP contribution is 2.02. The lowest BCUT2D eigenvalue weighted by Crippen LogP contribution is -2.24. The first kappa shape index (κ1) is 9.71. The Hall–Kier alpha value is -0.290. The summed E-state index contributed by atoms with van der Waals surface area (Å²) in [5.41, 5.74) is 0. The summed E-state index contributed by atoms with van der Waals surface area (Å²) >= 11 is 0. The quantitative estimate of drug-likeness (QED) is 0.617. The van der Waals surface area contributed by atoms with Crippen LogP contribution in [0.25, 0.3) is 0 Å². The maximum absolute atomic E-state index is 11.8. The second-order valence-corrected chi connectivity index (χ2v) is 1.84. The van der Waals surface area contributed by atoms with Crippen molar-refractivity contribution in [3.05, 3.63) is 0 Å². The molecule has 5 heteroatoms. The molecule has 0 bridgehead atoms. The molecule has 0 heterocycles. The van der Waals surface area contributed by atoms with E-state index in [0.717, 1.165) is 6.92 Å². The predicted octanol–water partition coefficient (Wildman–Crippen LogP) is 0.944. The number of halogens is 3. The summed E-state index contributed by atoms with van der Waals surface area (Å²) in [4.78, 5) is 0. The van der Waals surface area contributed by atoms with Crippen molar-refractivity contribution in [1.82, 2.24) is 0 Å². The van der Waals surface area contributed by atoms with Gasteiger partial charge in [-0.1, -0.05) is 0 Å². The second-order valence-electron chi connectivity index (χ2n) is 1.84. The lowest BCUT2D eigenvalue weighted by molar-refractivity contribution is -0.181. The number of aliphatic hydroxyl groups excluding tert-OH is 1. The van der Waals surface area contributed by atoms with Crippen molar-refractivity contribution in [2.75, 3.05) is 6.61 Å². The first-order valence-electron chi connectivity index (χ1n) is 2.76. The van der Waals surface area contributed by atoms with Crippen molar-refractivity contribution in [2.24, 2.45) is 0 Å². The van der Waals surface area contributed by atoms with Crippen LogP contribution in [-0.2, 0) is 4.74 Å². The van der Waals surface area contributed by atoms with Crippen molar-refractivity contribution >= 4 is 0 Å². The van der Waals surface area contributed by atoms with Gasteiger partial charge in [-0.2, -0.15) is 0 Å². The Labute approximate surface area is 56.6 Å². The molecule has 10 heavy (non-hydrogen) atoms. The van der Waals surface area contributed by atoms with Crippen LogP contribution in [0.5, 0.6) is 0 Å². The average Bonchev–Trinajstić information content (AvgIpc) is 1.82. The van der Waals surface area contributed by atoms with Crippen molar-refractivity contribution < 1.29 is 23.0 Å². The van der Waals surface area contributed by atoms with E-state index >= 15 is 0 Å². The molecule has 2 atom stereocenters. The molecule has 0 aromatic carbocycles. The van der Waals surface area contributed by atoms with Crippen molar-refractivity contribution in [3.63, 3.8) is 0 Å². The molecule has 0 fully saturated rings. The second kappa shape index (κ2) is 4.51. The molecule has 1 unspecified atom stereocenters. The van der Waals surface area contributed by atoms with E-state index in [4.69, 9.17) is 5.11 Å². The van der Waals surface area contributed by atoms with Crippen LogP contribution in [0.2, 0.25) is 0 Å². The van der Waals surface area contributed by atoms with Crippen LogP contribution in [0.1, 0.15) is 6.92 Å². The van der Waals surface area contributed by atoms with Gasteiger partial charge in [0, 0.05) is 0 Å². The molecular weight excluding hydrogens is 149 g/mol. The van der Waals surface area contributed by atoms with Gasteiger partial charge in [-0.3, -0.25) is 0 Å². The maximum Gasteiger partial charge on any atom is 0.288 e. The van der Waals surface area contributed by atoms with Gasteiger partial charge in [0.05, 0.1) is 6.61 Å².